The minimum Gasteiger partial charge on any atom is -0.327 e. The first kappa shape index (κ1) is 15.1. The van der Waals surface area contributed by atoms with Crippen molar-refractivity contribution in [1.82, 2.24) is 19.1 Å². The van der Waals surface area contributed by atoms with Gasteiger partial charge in [0.1, 0.15) is 11.6 Å². The Morgan fingerprint density at radius 1 is 1.08 bits per heavy atom. The molecule has 2 aromatic carbocycles. The second-order valence-electron chi connectivity index (χ2n) is 5.65. The second kappa shape index (κ2) is 6.24. The van der Waals surface area contributed by atoms with E-state index in [4.69, 9.17) is 4.98 Å². The van der Waals surface area contributed by atoms with Crippen LogP contribution in [-0.4, -0.2) is 19.1 Å². The molecule has 5 heteroatoms. The molecule has 4 rings (SSSR count). The average molecular weight is 381 g/mol. The summed E-state index contributed by atoms with van der Waals surface area (Å²) in [6, 6.07) is 16.5. The largest absolute Gasteiger partial charge is 0.327 e. The number of benzene rings is 2. The molecular formula is C19H17BrN4. The van der Waals surface area contributed by atoms with Gasteiger partial charge >= 0.3 is 0 Å². The predicted octanol–water partition coefficient (Wildman–Crippen LogP) is 4.73. The highest BCUT2D eigenvalue weighted by molar-refractivity contribution is 9.10. The zero-order valence-electron chi connectivity index (χ0n) is 13.4. The molecule has 2 aromatic heterocycles. The molecule has 0 spiro atoms. The van der Waals surface area contributed by atoms with Gasteiger partial charge < -0.3 is 9.13 Å². The van der Waals surface area contributed by atoms with Gasteiger partial charge in [-0.25, -0.2) is 9.97 Å². The summed E-state index contributed by atoms with van der Waals surface area (Å²) in [4.78, 5) is 9.35. The van der Waals surface area contributed by atoms with E-state index in [-0.39, 0.29) is 0 Å². The van der Waals surface area contributed by atoms with E-state index in [0.717, 1.165) is 33.7 Å². The van der Waals surface area contributed by atoms with Gasteiger partial charge in [-0.15, -0.1) is 0 Å². The minimum absolute atomic E-state index is 0.699. The van der Waals surface area contributed by atoms with Crippen LogP contribution in [0.15, 0.2) is 65.4 Å². The first-order valence-electron chi connectivity index (χ1n) is 7.97. The normalized spacial score (nSPS) is 11.2. The molecule has 0 aliphatic carbocycles. The lowest BCUT2D eigenvalue weighted by Gasteiger charge is -2.10. The third-order valence-corrected chi connectivity index (χ3v) is 4.65. The number of para-hydroxylation sites is 2. The molecule has 0 aliphatic heterocycles. The number of aromatic nitrogens is 4. The van der Waals surface area contributed by atoms with Crippen molar-refractivity contribution in [2.45, 2.75) is 20.0 Å². The molecule has 0 unspecified atom stereocenters. The number of hydrogen-bond acceptors (Lipinski definition) is 2. The maximum absolute atomic E-state index is 4.82. The number of fused-ring (bicyclic) bond motifs is 1. The van der Waals surface area contributed by atoms with Crippen LogP contribution >= 0.6 is 15.9 Å². The van der Waals surface area contributed by atoms with Gasteiger partial charge in [-0.3, -0.25) is 0 Å². The SMILES string of the molecule is CCn1c(Cn2ccnc2-c2cccc(Br)c2)nc2ccccc21. The predicted molar refractivity (Wildman–Crippen MR) is 99.9 cm³/mol. The smallest absolute Gasteiger partial charge is 0.140 e. The highest BCUT2D eigenvalue weighted by Crippen LogP contribution is 2.23. The van der Waals surface area contributed by atoms with E-state index in [9.17, 15) is 0 Å². The Balaban J connectivity index is 1.76. The molecule has 24 heavy (non-hydrogen) atoms. The van der Waals surface area contributed by atoms with Crippen LogP contribution in [0, 0.1) is 0 Å². The lowest BCUT2D eigenvalue weighted by atomic mass is 10.2. The molecule has 0 radical (unpaired) electrons. The van der Waals surface area contributed by atoms with Gasteiger partial charge in [0.05, 0.1) is 17.6 Å². The molecule has 0 bridgehead atoms. The molecule has 0 amide bonds. The first-order chi connectivity index (χ1) is 11.8. The van der Waals surface area contributed by atoms with Gasteiger partial charge in [-0.1, -0.05) is 40.2 Å². The zero-order valence-corrected chi connectivity index (χ0v) is 14.9. The topological polar surface area (TPSA) is 35.6 Å². The maximum Gasteiger partial charge on any atom is 0.140 e. The summed E-state index contributed by atoms with van der Waals surface area (Å²) in [7, 11) is 0. The highest BCUT2D eigenvalue weighted by Gasteiger charge is 2.12. The zero-order chi connectivity index (χ0) is 16.5. The van der Waals surface area contributed by atoms with Crippen molar-refractivity contribution < 1.29 is 0 Å². The van der Waals surface area contributed by atoms with Gasteiger partial charge in [0.25, 0.3) is 0 Å². The molecule has 0 saturated carbocycles. The quantitative estimate of drug-likeness (QED) is 0.512. The van der Waals surface area contributed by atoms with Crippen LogP contribution in [0.25, 0.3) is 22.4 Å². The van der Waals surface area contributed by atoms with Gasteiger partial charge in [0.15, 0.2) is 0 Å². The molecule has 4 nitrogen and oxygen atoms in total. The van der Waals surface area contributed by atoms with Crippen LogP contribution in [0.4, 0.5) is 0 Å². The number of aryl methyl sites for hydroxylation is 1. The molecule has 0 fully saturated rings. The molecule has 0 saturated heterocycles. The summed E-state index contributed by atoms with van der Waals surface area (Å²) in [5, 5.41) is 0. The molecule has 4 aromatic rings. The molecular weight excluding hydrogens is 364 g/mol. The van der Waals surface area contributed by atoms with E-state index >= 15 is 0 Å². The molecule has 0 N–H and O–H groups in total. The van der Waals surface area contributed by atoms with Crippen molar-refractivity contribution in [3.05, 3.63) is 71.2 Å². The molecule has 0 aliphatic rings. The Hall–Kier alpha value is -2.40. The average Bonchev–Trinajstić information content (AvgIpc) is 3.19. The molecule has 120 valence electrons. The summed E-state index contributed by atoms with van der Waals surface area (Å²) >= 11 is 3.53. The van der Waals surface area contributed by atoms with E-state index in [1.807, 2.05) is 30.6 Å². The summed E-state index contributed by atoms with van der Waals surface area (Å²) in [5.41, 5.74) is 3.31. The number of hydrogen-bond donors (Lipinski definition) is 0. The van der Waals surface area contributed by atoms with Gasteiger partial charge in [-0.2, -0.15) is 0 Å². The fraction of sp³-hybridized carbons (Fsp3) is 0.158. The number of imidazole rings is 2. The van der Waals surface area contributed by atoms with Gasteiger partial charge in [0.2, 0.25) is 0 Å². The van der Waals surface area contributed by atoms with Crippen LogP contribution in [0.3, 0.4) is 0 Å². The highest BCUT2D eigenvalue weighted by atomic mass is 79.9. The minimum atomic E-state index is 0.699. The third-order valence-electron chi connectivity index (χ3n) is 4.16. The van der Waals surface area contributed by atoms with Crippen LogP contribution < -0.4 is 0 Å². The van der Waals surface area contributed by atoms with Crippen molar-refractivity contribution in [2.24, 2.45) is 0 Å². The van der Waals surface area contributed by atoms with Gasteiger partial charge in [-0.05, 0) is 31.2 Å². The third kappa shape index (κ3) is 2.65. The van der Waals surface area contributed by atoms with Crippen molar-refractivity contribution in [1.29, 1.82) is 0 Å². The fourth-order valence-corrected chi connectivity index (χ4v) is 3.48. The molecule has 2 heterocycles. The summed E-state index contributed by atoms with van der Waals surface area (Å²) in [6.45, 7) is 3.75. The van der Waals surface area contributed by atoms with Crippen molar-refractivity contribution in [2.75, 3.05) is 0 Å². The first-order valence-corrected chi connectivity index (χ1v) is 8.77. The van der Waals surface area contributed by atoms with E-state index in [1.54, 1.807) is 0 Å². The Morgan fingerprint density at radius 3 is 2.79 bits per heavy atom. The number of rotatable bonds is 4. The summed E-state index contributed by atoms with van der Waals surface area (Å²) < 4.78 is 5.46. The van der Waals surface area contributed by atoms with Crippen LogP contribution in [0.2, 0.25) is 0 Å². The fourth-order valence-electron chi connectivity index (χ4n) is 3.08. The van der Waals surface area contributed by atoms with E-state index in [0.29, 0.717) is 6.54 Å². The Bertz CT molecular complexity index is 999. The number of nitrogens with zero attached hydrogens (tertiary/aromatic N) is 4. The number of halogens is 1. The van der Waals surface area contributed by atoms with Crippen molar-refractivity contribution >= 4 is 27.0 Å². The lowest BCUT2D eigenvalue weighted by Crippen LogP contribution is -2.08. The maximum atomic E-state index is 4.82. The van der Waals surface area contributed by atoms with Crippen molar-refractivity contribution in [3.63, 3.8) is 0 Å². The van der Waals surface area contributed by atoms with Crippen LogP contribution in [-0.2, 0) is 13.1 Å². The monoisotopic (exact) mass is 380 g/mol. The summed E-state index contributed by atoms with van der Waals surface area (Å²) in [5.74, 6) is 2.00. The lowest BCUT2D eigenvalue weighted by molar-refractivity contribution is 0.667. The van der Waals surface area contributed by atoms with Crippen LogP contribution in [0.1, 0.15) is 12.7 Å². The Morgan fingerprint density at radius 2 is 1.96 bits per heavy atom. The van der Waals surface area contributed by atoms with Gasteiger partial charge in [0, 0.05) is 29.0 Å². The Labute approximate surface area is 148 Å². The standard InChI is InChI=1S/C19H17BrN4/c1-2-24-17-9-4-3-8-16(17)22-18(24)13-23-11-10-21-19(23)14-6-5-7-15(20)12-14/h3-12H,2,13H2,1H3. The van der Waals surface area contributed by atoms with E-state index in [1.165, 1.54) is 5.52 Å². The van der Waals surface area contributed by atoms with E-state index in [2.05, 4.69) is 67.3 Å². The Kier molecular flexibility index (Phi) is 3.94. The van der Waals surface area contributed by atoms with Crippen LogP contribution in [0.5, 0.6) is 0 Å². The molecule has 0 atom stereocenters. The van der Waals surface area contributed by atoms with E-state index < -0.39 is 0 Å². The second-order valence-corrected chi connectivity index (χ2v) is 6.57. The van der Waals surface area contributed by atoms with Crippen molar-refractivity contribution in [3.8, 4) is 11.4 Å². The summed E-state index contributed by atoms with van der Waals surface area (Å²) in [6.07, 6.45) is 3.85.